The third kappa shape index (κ3) is 13.3. The van der Waals surface area contributed by atoms with Crippen molar-refractivity contribution in [3.05, 3.63) is 0 Å². The smallest absolute Gasteiger partial charge is 0.431 e. The standard InChI is InChI=1S/C18H34O9/c1-15(2,22)10-23-13(20)27-18(7,8)12-25-17(5,6)11-24-14(21)26-16(3,4)9-19/h19,22H,9-12H2,1-8H3. The van der Waals surface area contributed by atoms with E-state index < -0.39 is 34.7 Å². The monoisotopic (exact) mass is 394 g/mol. The van der Waals surface area contributed by atoms with Crippen molar-refractivity contribution in [2.24, 2.45) is 0 Å². The molecule has 0 fully saturated rings. The van der Waals surface area contributed by atoms with Crippen LogP contribution in [0.5, 0.6) is 0 Å². The second-order valence-electron chi connectivity index (χ2n) is 8.82. The molecule has 0 heterocycles. The first-order valence-corrected chi connectivity index (χ1v) is 8.66. The average Bonchev–Trinajstić information content (AvgIpc) is 2.48. The molecule has 9 heteroatoms. The van der Waals surface area contributed by atoms with E-state index in [1.807, 2.05) is 0 Å². The van der Waals surface area contributed by atoms with Gasteiger partial charge in [0.25, 0.3) is 0 Å². The van der Waals surface area contributed by atoms with E-state index >= 15 is 0 Å². The van der Waals surface area contributed by atoms with Gasteiger partial charge in [0.15, 0.2) is 0 Å². The van der Waals surface area contributed by atoms with Crippen molar-refractivity contribution < 1.29 is 43.5 Å². The zero-order chi connectivity index (χ0) is 21.5. The summed E-state index contributed by atoms with van der Waals surface area (Å²) in [5.41, 5.74) is -4.08. The second-order valence-corrected chi connectivity index (χ2v) is 8.82. The van der Waals surface area contributed by atoms with E-state index in [1.165, 1.54) is 13.8 Å². The van der Waals surface area contributed by atoms with Gasteiger partial charge in [0.1, 0.15) is 24.4 Å². The van der Waals surface area contributed by atoms with Crippen LogP contribution >= 0.6 is 0 Å². The highest BCUT2D eigenvalue weighted by Gasteiger charge is 2.31. The van der Waals surface area contributed by atoms with Gasteiger partial charge in [-0.15, -0.1) is 0 Å². The summed E-state index contributed by atoms with van der Waals surface area (Å²) in [7, 11) is 0. The Morgan fingerprint density at radius 3 is 1.59 bits per heavy atom. The third-order valence-electron chi connectivity index (χ3n) is 2.99. The van der Waals surface area contributed by atoms with Crippen molar-refractivity contribution in [1.82, 2.24) is 0 Å². The number of ether oxygens (including phenoxy) is 5. The van der Waals surface area contributed by atoms with Crippen LogP contribution in [0, 0.1) is 0 Å². The van der Waals surface area contributed by atoms with E-state index in [9.17, 15) is 14.7 Å². The van der Waals surface area contributed by atoms with Gasteiger partial charge in [0.05, 0.1) is 24.4 Å². The number of hydrogen-bond acceptors (Lipinski definition) is 9. The molecule has 0 aromatic carbocycles. The minimum atomic E-state index is -1.15. The molecule has 0 aromatic rings. The fourth-order valence-corrected chi connectivity index (χ4v) is 1.45. The van der Waals surface area contributed by atoms with Crippen LogP contribution < -0.4 is 0 Å². The quantitative estimate of drug-likeness (QED) is 0.538. The fourth-order valence-electron chi connectivity index (χ4n) is 1.45. The molecule has 0 unspecified atom stereocenters. The molecule has 0 atom stereocenters. The van der Waals surface area contributed by atoms with Crippen molar-refractivity contribution in [2.75, 3.05) is 26.4 Å². The van der Waals surface area contributed by atoms with Crippen LogP contribution in [-0.2, 0) is 23.7 Å². The zero-order valence-corrected chi connectivity index (χ0v) is 17.6. The summed E-state index contributed by atoms with van der Waals surface area (Å²) >= 11 is 0. The Morgan fingerprint density at radius 1 is 0.704 bits per heavy atom. The predicted molar refractivity (Wildman–Crippen MR) is 96.4 cm³/mol. The zero-order valence-electron chi connectivity index (χ0n) is 17.6. The summed E-state index contributed by atoms with van der Waals surface area (Å²) in [6.45, 7) is 12.1. The highest BCUT2D eigenvalue weighted by atomic mass is 16.7. The summed E-state index contributed by atoms with van der Waals surface area (Å²) in [6.07, 6.45) is -1.84. The van der Waals surface area contributed by atoms with Crippen molar-refractivity contribution in [3.8, 4) is 0 Å². The highest BCUT2D eigenvalue weighted by Crippen LogP contribution is 2.18. The summed E-state index contributed by atoms with van der Waals surface area (Å²) in [6, 6.07) is 0. The van der Waals surface area contributed by atoms with Gasteiger partial charge < -0.3 is 33.9 Å². The minimum absolute atomic E-state index is 0.0121. The Labute approximate surface area is 160 Å². The Morgan fingerprint density at radius 2 is 1.15 bits per heavy atom. The number of aliphatic hydroxyl groups is 2. The normalized spacial score (nSPS) is 13.1. The minimum Gasteiger partial charge on any atom is -0.431 e. The Bertz CT molecular complexity index is 490. The Balaban J connectivity index is 4.40. The molecular weight excluding hydrogens is 360 g/mol. The Hall–Kier alpha value is -1.58. The molecule has 2 N–H and O–H groups in total. The van der Waals surface area contributed by atoms with Crippen molar-refractivity contribution in [1.29, 1.82) is 0 Å². The first-order chi connectivity index (χ1) is 12.0. The van der Waals surface area contributed by atoms with E-state index in [0.29, 0.717) is 0 Å². The van der Waals surface area contributed by atoms with E-state index in [-0.39, 0.29) is 26.4 Å². The highest BCUT2D eigenvalue weighted by molar-refractivity contribution is 5.61. The predicted octanol–water partition coefficient (Wildman–Crippen LogP) is 2.41. The molecule has 0 rings (SSSR count). The molecule has 27 heavy (non-hydrogen) atoms. The van der Waals surface area contributed by atoms with Crippen LogP contribution in [-0.4, -0.2) is 71.4 Å². The van der Waals surface area contributed by atoms with Gasteiger partial charge in [0, 0.05) is 0 Å². The molecule has 0 aliphatic rings. The summed E-state index contributed by atoms with van der Waals surface area (Å²) in [5, 5.41) is 18.6. The average molecular weight is 394 g/mol. The number of aliphatic hydroxyl groups excluding tert-OH is 1. The van der Waals surface area contributed by atoms with Gasteiger partial charge in [-0.2, -0.15) is 0 Å². The van der Waals surface area contributed by atoms with E-state index in [0.717, 1.165) is 0 Å². The van der Waals surface area contributed by atoms with Crippen molar-refractivity contribution >= 4 is 12.3 Å². The SMILES string of the molecule is CC(C)(O)COC(=O)OC(C)(C)COC(C)(C)COC(=O)OC(C)(C)CO. The maximum absolute atomic E-state index is 11.7. The first-order valence-electron chi connectivity index (χ1n) is 8.66. The van der Waals surface area contributed by atoms with Gasteiger partial charge in [0.2, 0.25) is 0 Å². The third-order valence-corrected chi connectivity index (χ3v) is 2.99. The number of hydrogen-bond donors (Lipinski definition) is 2. The molecule has 0 bridgehead atoms. The van der Waals surface area contributed by atoms with E-state index in [2.05, 4.69) is 0 Å². The molecule has 0 amide bonds. The van der Waals surface area contributed by atoms with Gasteiger partial charge in [-0.05, 0) is 55.4 Å². The molecule has 0 aliphatic heterocycles. The lowest BCUT2D eigenvalue weighted by atomic mass is 10.1. The topological polar surface area (TPSA) is 121 Å². The maximum Gasteiger partial charge on any atom is 0.508 e. The molecular formula is C18H34O9. The summed E-state index contributed by atoms with van der Waals surface area (Å²) in [5.74, 6) is 0. The number of rotatable bonds is 10. The van der Waals surface area contributed by atoms with Gasteiger partial charge in [-0.3, -0.25) is 0 Å². The molecule has 0 saturated heterocycles. The fraction of sp³-hybridized carbons (Fsp3) is 0.889. The lowest BCUT2D eigenvalue weighted by Gasteiger charge is -2.31. The van der Waals surface area contributed by atoms with E-state index in [4.69, 9.17) is 28.8 Å². The van der Waals surface area contributed by atoms with E-state index in [1.54, 1.807) is 41.5 Å². The van der Waals surface area contributed by atoms with Crippen LogP contribution in [0.3, 0.4) is 0 Å². The molecule has 0 radical (unpaired) electrons. The lowest BCUT2D eigenvalue weighted by Crippen LogP contribution is -2.41. The van der Waals surface area contributed by atoms with Crippen LogP contribution in [0.1, 0.15) is 55.4 Å². The van der Waals surface area contributed by atoms with Crippen LogP contribution in [0.2, 0.25) is 0 Å². The van der Waals surface area contributed by atoms with Crippen LogP contribution in [0.15, 0.2) is 0 Å². The first kappa shape index (κ1) is 25.4. The molecule has 160 valence electrons. The van der Waals surface area contributed by atoms with Crippen molar-refractivity contribution in [2.45, 2.75) is 77.8 Å². The van der Waals surface area contributed by atoms with Gasteiger partial charge >= 0.3 is 12.3 Å². The molecule has 0 aliphatic carbocycles. The lowest BCUT2D eigenvalue weighted by molar-refractivity contribution is -0.132. The summed E-state index contributed by atoms with van der Waals surface area (Å²) in [4.78, 5) is 23.3. The molecule has 0 aromatic heterocycles. The summed E-state index contributed by atoms with van der Waals surface area (Å²) < 4.78 is 25.7. The van der Waals surface area contributed by atoms with Crippen LogP contribution in [0.25, 0.3) is 0 Å². The van der Waals surface area contributed by atoms with Gasteiger partial charge in [-0.1, -0.05) is 0 Å². The molecule has 0 spiro atoms. The molecule has 0 saturated carbocycles. The van der Waals surface area contributed by atoms with Crippen LogP contribution in [0.4, 0.5) is 9.59 Å². The number of carbonyl (C=O) groups excluding carboxylic acids is 2. The van der Waals surface area contributed by atoms with Gasteiger partial charge in [-0.25, -0.2) is 9.59 Å². The second kappa shape index (κ2) is 9.57. The number of carbonyl (C=O) groups is 2. The largest absolute Gasteiger partial charge is 0.508 e. The van der Waals surface area contributed by atoms with Crippen molar-refractivity contribution in [3.63, 3.8) is 0 Å². The Kier molecular flexibility index (Phi) is 9.01. The molecule has 9 nitrogen and oxygen atoms in total. The maximum atomic E-state index is 11.7.